The van der Waals surface area contributed by atoms with Crippen LogP contribution in [0.15, 0.2) is 59.1 Å². The van der Waals surface area contributed by atoms with Crippen molar-refractivity contribution >= 4 is 21.7 Å². The van der Waals surface area contributed by atoms with Gasteiger partial charge in [-0.05, 0) is 24.1 Å². The van der Waals surface area contributed by atoms with Crippen LogP contribution in [0.5, 0.6) is 0 Å². The Hall–Kier alpha value is -1.41. The molecule has 0 radical (unpaired) electrons. The van der Waals surface area contributed by atoms with Gasteiger partial charge in [-0.2, -0.15) is 0 Å². The van der Waals surface area contributed by atoms with Crippen LogP contribution in [0.3, 0.4) is 0 Å². The van der Waals surface area contributed by atoms with Crippen LogP contribution >= 0.6 is 15.9 Å². The van der Waals surface area contributed by atoms with Crippen LogP contribution in [-0.4, -0.2) is 5.78 Å². The molecule has 0 saturated heterocycles. The minimum absolute atomic E-state index is 0.00794. The van der Waals surface area contributed by atoms with Crippen LogP contribution in [0.1, 0.15) is 22.8 Å². The Morgan fingerprint density at radius 3 is 2.28 bits per heavy atom. The zero-order chi connectivity index (χ0) is 13.0. The van der Waals surface area contributed by atoms with E-state index in [9.17, 15) is 4.79 Å². The van der Waals surface area contributed by atoms with Crippen molar-refractivity contribution in [1.82, 2.24) is 0 Å². The van der Waals surface area contributed by atoms with Gasteiger partial charge < -0.3 is 0 Å². The molecule has 0 amide bonds. The van der Waals surface area contributed by atoms with Crippen LogP contribution < -0.4 is 0 Å². The van der Waals surface area contributed by atoms with Crippen molar-refractivity contribution in [3.8, 4) is 0 Å². The summed E-state index contributed by atoms with van der Waals surface area (Å²) >= 11 is 3.37. The van der Waals surface area contributed by atoms with Crippen LogP contribution in [0.2, 0.25) is 0 Å². The molecule has 0 bridgehead atoms. The maximum atomic E-state index is 12.2. The fraction of sp³-hybridized carbons (Fsp3) is 0.188. The van der Waals surface area contributed by atoms with Crippen molar-refractivity contribution in [2.45, 2.75) is 13.3 Å². The first-order chi connectivity index (χ1) is 8.66. The molecule has 0 heterocycles. The summed E-state index contributed by atoms with van der Waals surface area (Å²) in [5, 5.41) is 0. The highest BCUT2D eigenvalue weighted by Gasteiger charge is 2.15. The number of carbonyl (C=O) groups is 1. The van der Waals surface area contributed by atoms with E-state index < -0.39 is 0 Å². The second-order valence-electron chi connectivity index (χ2n) is 4.46. The molecule has 0 N–H and O–H groups in total. The van der Waals surface area contributed by atoms with Crippen molar-refractivity contribution in [1.29, 1.82) is 0 Å². The van der Waals surface area contributed by atoms with E-state index in [1.54, 1.807) is 0 Å². The van der Waals surface area contributed by atoms with E-state index in [2.05, 4.69) is 28.1 Å². The number of hydrogen-bond donors (Lipinski definition) is 0. The molecule has 0 aliphatic heterocycles. The topological polar surface area (TPSA) is 17.1 Å². The van der Waals surface area contributed by atoms with Gasteiger partial charge in [-0.25, -0.2) is 0 Å². The van der Waals surface area contributed by atoms with E-state index in [-0.39, 0.29) is 11.7 Å². The van der Waals surface area contributed by atoms with Crippen LogP contribution in [0.4, 0.5) is 0 Å². The van der Waals surface area contributed by atoms with Crippen LogP contribution in [-0.2, 0) is 6.42 Å². The molecule has 0 aliphatic rings. The molecular weight excluding hydrogens is 288 g/mol. The number of ketones is 1. The summed E-state index contributed by atoms with van der Waals surface area (Å²) in [7, 11) is 0. The summed E-state index contributed by atoms with van der Waals surface area (Å²) in [6.07, 6.45) is 0.787. The summed E-state index contributed by atoms with van der Waals surface area (Å²) in [5.41, 5.74) is 1.98. The summed E-state index contributed by atoms with van der Waals surface area (Å²) in [6, 6.07) is 17.7. The first kappa shape index (κ1) is 13.0. The van der Waals surface area contributed by atoms with E-state index in [4.69, 9.17) is 0 Å². The van der Waals surface area contributed by atoms with Gasteiger partial charge in [0.2, 0.25) is 0 Å². The molecule has 18 heavy (non-hydrogen) atoms. The predicted molar refractivity (Wildman–Crippen MR) is 77.8 cm³/mol. The Labute approximate surface area is 116 Å². The quantitative estimate of drug-likeness (QED) is 0.759. The van der Waals surface area contributed by atoms with Crippen molar-refractivity contribution in [3.05, 3.63) is 70.2 Å². The predicted octanol–water partition coefficient (Wildman–Crippen LogP) is 4.51. The van der Waals surface area contributed by atoms with Gasteiger partial charge in [0.15, 0.2) is 5.78 Å². The first-order valence-corrected chi connectivity index (χ1v) is 6.80. The molecule has 0 spiro atoms. The van der Waals surface area contributed by atoms with Crippen molar-refractivity contribution in [2.75, 3.05) is 0 Å². The maximum Gasteiger partial charge on any atom is 0.165 e. The fourth-order valence-corrected chi connectivity index (χ4v) is 2.22. The monoisotopic (exact) mass is 302 g/mol. The molecule has 0 fully saturated rings. The van der Waals surface area contributed by atoms with E-state index >= 15 is 0 Å². The molecule has 92 valence electrons. The third-order valence-corrected chi connectivity index (χ3v) is 3.49. The Morgan fingerprint density at radius 1 is 1.06 bits per heavy atom. The smallest absolute Gasteiger partial charge is 0.165 e. The summed E-state index contributed by atoms with van der Waals surface area (Å²) in [5.74, 6) is 0.208. The van der Waals surface area contributed by atoms with Gasteiger partial charge in [-0.1, -0.05) is 65.3 Å². The molecule has 1 atom stereocenters. The van der Waals surface area contributed by atoms with E-state index in [0.717, 1.165) is 16.5 Å². The van der Waals surface area contributed by atoms with Gasteiger partial charge in [0, 0.05) is 16.0 Å². The van der Waals surface area contributed by atoms with Crippen LogP contribution in [0.25, 0.3) is 0 Å². The lowest BCUT2D eigenvalue weighted by molar-refractivity contribution is 0.0929. The summed E-state index contributed by atoms with van der Waals surface area (Å²) < 4.78 is 0.995. The third kappa shape index (κ3) is 3.30. The lowest BCUT2D eigenvalue weighted by Crippen LogP contribution is -2.13. The normalized spacial score (nSPS) is 12.1. The Kier molecular flexibility index (Phi) is 4.32. The lowest BCUT2D eigenvalue weighted by Gasteiger charge is -2.10. The first-order valence-electron chi connectivity index (χ1n) is 6.00. The lowest BCUT2D eigenvalue weighted by atomic mass is 9.93. The number of halogens is 1. The molecule has 2 aromatic carbocycles. The van der Waals surface area contributed by atoms with Gasteiger partial charge in [0.25, 0.3) is 0 Å². The number of benzene rings is 2. The minimum Gasteiger partial charge on any atom is -0.294 e. The van der Waals surface area contributed by atoms with E-state index in [1.807, 2.05) is 49.4 Å². The number of Topliss-reactive ketones (excluding diaryl/α,β-unsaturated/α-hetero) is 1. The summed E-state index contributed by atoms with van der Waals surface area (Å²) in [6.45, 7) is 1.98. The molecule has 1 nitrogen and oxygen atoms in total. The Balaban J connectivity index is 2.07. The SMILES string of the molecule is CC(Cc1ccccc1)C(=O)c1ccc(Br)cc1. The molecule has 2 rings (SSSR count). The maximum absolute atomic E-state index is 12.2. The molecule has 0 aromatic heterocycles. The Bertz CT molecular complexity index is 517. The zero-order valence-corrected chi connectivity index (χ0v) is 11.9. The van der Waals surface area contributed by atoms with Gasteiger partial charge >= 0.3 is 0 Å². The third-order valence-electron chi connectivity index (χ3n) is 2.96. The molecule has 0 saturated carbocycles. The van der Waals surface area contributed by atoms with Gasteiger partial charge in [0.1, 0.15) is 0 Å². The van der Waals surface area contributed by atoms with Crippen molar-refractivity contribution in [3.63, 3.8) is 0 Å². The standard InChI is InChI=1S/C16H15BrO/c1-12(11-13-5-3-2-4-6-13)16(18)14-7-9-15(17)10-8-14/h2-10,12H,11H2,1H3. The number of hydrogen-bond acceptors (Lipinski definition) is 1. The fourth-order valence-electron chi connectivity index (χ4n) is 1.96. The molecular formula is C16H15BrO. The number of carbonyl (C=O) groups excluding carboxylic acids is 1. The second-order valence-corrected chi connectivity index (χ2v) is 5.38. The molecule has 0 aliphatic carbocycles. The number of rotatable bonds is 4. The second kappa shape index (κ2) is 5.96. The molecule has 1 unspecified atom stereocenters. The van der Waals surface area contributed by atoms with Gasteiger partial charge in [-0.3, -0.25) is 4.79 Å². The Morgan fingerprint density at radius 2 is 1.67 bits per heavy atom. The molecule has 2 heteroatoms. The van der Waals surface area contributed by atoms with Crippen molar-refractivity contribution in [2.24, 2.45) is 5.92 Å². The van der Waals surface area contributed by atoms with E-state index in [0.29, 0.717) is 0 Å². The highest BCUT2D eigenvalue weighted by molar-refractivity contribution is 9.10. The minimum atomic E-state index is 0.00794. The average molecular weight is 303 g/mol. The average Bonchev–Trinajstić information content (AvgIpc) is 2.40. The van der Waals surface area contributed by atoms with Gasteiger partial charge in [0.05, 0.1) is 0 Å². The van der Waals surface area contributed by atoms with Gasteiger partial charge in [-0.15, -0.1) is 0 Å². The largest absolute Gasteiger partial charge is 0.294 e. The highest BCUT2D eigenvalue weighted by Crippen LogP contribution is 2.17. The summed E-state index contributed by atoms with van der Waals surface area (Å²) in [4.78, 5) is 12.2. The molecule has 2 aromatic rings. The zero-order valence-electron chi connectivity index (χ0n) is 10.3. The van der Waals surface area contributed by atoms with Crippen molar-refractivity contribution < 1.29 is 4.79 Å². The highest BCUT2D eigenvalue weighted by atomic mass is 79.9. The van der Waals surface area contributed by atoms with E-state index in [1.165, 1.54) is 5.56 Å². The van der Waals surface area contributed by atoms with Crippen LogP contribution in [0, 0.1) is 5.92 Å².